The van der Waals surface area contributed by atoms with Gasteiger partial charge in [0, 0.05) is 19.0 Å². The number of amides is 1. The van der Waals surface area contributed by atoms with Crippen molar-refractivity contribution in [2.45, 2.75) is 64.1 Å². The number of aliphatic hydroxyl groups is 1. The van der Waals surface area contributed by atoms with Crippen LogP contribution in [0.3, 0.4) is 0 Å². The van der Waals surface area contributed by atoms with Crippen LogP contribution in [0.15, 0.2) is 0 Å². The Morgan fingerprint density at radius 1 is 1.31 bits per heavy atom. The monoisotopic (exact) mass is 228 g/mol. The van der Waals surface area contributed by atoms with Crippen LogP contribution in [0, 0.1) is 0 Å². The molecule has 1 aliphatic rings. The minimum atomic E-state index is -0.924. The van der Waals surface area contributed by atoms with Gasteiger partial charge in [0.2, 0.25) is 5.91 Å². The predicted molar refractivity (Wildman–Crippen MR) is 64.2 cm³/mol. The molecule has 1 rings (SSSR count). The summed E-state index contributed by atoms with van der Waals surface area (Å²) >= 11 is 0. The molecule has 0 atom stereocenters. The van der Waals surface area contributed by atoms with Gasteiger partial charge in [-0.3, -0.25) is 4.79 Å². The van der Waals surface area contributed by atoms with E-state index in [9.17, 15) is 9.90 Å². The van der Waals surface area contributed by atoms with E-state index in [-0.39, 0.29) is 5.91 Å². The zero-order chi connectivity index (χ0) is 12.4. The van der Waals surface area contributed by atoms with Crippen LogP contribution in [0.4, 0.5) is 0 Å². The van der Waals surface area contributed by atoms with Crippen LogP contribution < -0.4 is 10.6 Å². The molecule has 0 unspecified atom stereocenters. The molecule has 0 saturated heterocycles. The van der Waals surface area contributed by atoms with Crippen LogP contribution in [0.1, 0.15) is 47.0 Å². The van der Waals surface area contributed by atoms with Gasteiger partial charge in [-0.1, -0.05) is 0 Å². The maximum absolute atomic E-state index is 11.6. The van der Waals surface area contributed by atoms with Gasteiger partial charge in [-0.25, -0.2) is 0 Å². The minimum Gasteiger partial charge on any atom is -0.388 e. The predicted octanol–water partition coefficient (Wildman–Crippen LogP) is 0.794. The van der Waals surface area contributed by atoms with Crippen molar-refractivity contribution in [3.63, 3.8) is 0 Å². The Balaban J connectivity index is 2.26. The molecule has 0 bridgehead atoms. The van der Waals surface area contributed by atoms with Crippen molar-refractivity contribution in [1.29, 1.82) is 0 Å². The molecule has 0 radical (unpaired) electrons. The number of hydrogen-bond acceptors (Lipinski definition) is 3. The average Bonchev–Trinajstić information content (AvgIpc) is 2.84. The Morgan fingerprint density at radius 3 is 2.31 bits per heavy atom. The van der Waals surface area contributed by atoms with Crippen molar-refractivity contribution in [3.8, 4) is 0 Å². The summed E-state index contributed by atoms with van der Waals surface area (Å²) in [6.45, 7) is 7.79. The Kier molecular flexibility index (Phi) is 3.97. The highest BCUT2D eigenvalue weighted by molar-refractivity contribution is 5.77. The molecule has 0 heterocycles. The van der Waals surface area contributed by atoms with E-state index in [4.69, 9.17) is 0 Å². The number of nitrogens with one attached hydrogen (secondary N) is 2. The highest BCUT2D eigenvalue weighted by Gasteiger charge is 2.36. The molecule has 3 N–H and O–H groups in total. The molecule has 94 valence electrons. The number of carbonyl (C=O) groups is 1. The Bertz CT molecular complexity index is 252. The fourth-order valence-electron chi connectivity index (χ4n) is 1.24. The quantitative estimate of drug-likeness (QED) is 0.630. The van der Waals surface area contributed by atoms with Crippen molar-refractivity contribution >= 4 is 5.91 Å². The summed E-state index contributed by atoms with van der Waals surface area (Å²) in [6, 6.07) is 0.634. The van der Waals surface area contributed by atoms with Gasteiger partial charge < -0.3 is 15.7 Å². The van der Waals surface area contributed by atoms with Gasteiger partial charge in [0.25, 0.3) is 0 Å². The van der Waals surface area contributed by atoms with Crippen LogP contribution in [-0.4, -0.2) is 34.7 Å². The molecular formula is C12H24N2O2. The fourth-order valence-corrected chi connectivity index (χ4v) is 1.24. The highest BCUT2D eigenvalue weighted by atomic mass is 16.3. The second-order valence-electron chi connectivity index (χ2n) is 5.71. The van der Waals surface area contributed by atoms with E-state index in [1.165, 1.54) is 12.8 Å². The SMILES string of the molecule is CC(C)(O)C(C)(C)NC(=O)CCNC1CC1. The number of rotatable bonds is 6. The topological polar surface area (TPSA) is 61.4 Å². The molecule has 0 aliphatic heterocycles. The summed E-state index contributed by atoms with van der Waals surface area (Å²) in [4.78, 5) is 11.6. The van der Waals surface area contributed by atoms with Crippen molar-refractivity contribution in [3.05, 3.63) is 0 Å². The molecule has 1 amide bonds. The molecule has 0 spiro atoms. The molecule has 0 aromatic carbocycles. The van der Waals surface area contributed by atoms with Gasteiger partial charge in [-0.05, 0) is 40.5 Å². The van der Waals surface area contributed by atoms with Gasteiger partial charge in [-0.2, -0.15) is 0 Å². The van der Waals surface area contributed by atoms with E-state index in [1.54, 1.807) is 13.8 Å². The maximum Gasteiger partial charge on any atom is 0.221 e. The van der Waals surface area contributed by atoms with E-state index < -0.39 is 11.1 Å². The molecule has 4 heteroatoms. The van der Waals surface area contributed by atoms with Gasteiger partial charge in [0.05, 0.1) is 11.1 Å². The molecular weight excluding hydrogens is 204 g/mol. The number of carbonyl (C=O) groups excluding carboxylic acids is 1. The van der Waals surface area contributed by atoms with Crippen LogP contribution in [0.2, 0.25) is 0 Å². The smallest absolute Gasteiger partial charge is 0.221 e. The molecule has 4 nitrogen and oxygen atoms in total. The molecule has 1 saturated carbocycles. The van der Waals surface area contributed by atoms with Crippen LogP contribution in [0.25, 0.3) is 0 Å². The maximum atomic E-state index is 11.6. The summed E-state index contributed by atoms with van der Waals surface area (Å²) in [7, 11) is 0. The third-order valence-electron chi connectivity index (χ3n) is 3.34. The van der Waals surface area contributed by atoms with E-state index in [0.29, 0.717) is 12.5 Å². The number of hydrogen-bond donors (Lipinski definition) is 3. The van der Waals surface area contributed by atoms with Crippen molar-refractivity contribution in [2.24, 2.45) is 0 Å². The third kappa shape index (κ3) is 4.10. The first-order chi connectivity index (χ1) is 7.22. The lowest BCUT2D eigenvalue weighted by Gasteiger charge is -2.38. The minimum absolute atomic E-state index is 0.0136. The summed E-state index contributed by atoms with van der Waals surface area (Å²) in [5, 5.41) is 16.0. The normalized spacial score (nSPS) is 17.3. The standard InChI is InChI=1S/C12H24N2O2/c1-11(2,12(3,4)16)14-10(15)7-8-13-9-5-6-9/h9,13,16H,5-8H2,1-4H3,(H,14,15). The van der Waals surface area contributed by atoms with E-state index in [2.05, 4.69) is 10.6 Å². The second kappa shape index (κ2) is 4.72. The molecule has 0 aromatic heterocycles. The van der Waals surface area contributed by atoms with Gasteiger partial charge in [0.15, 0.2) is 0 Å². The Morgan fingerprint density at radius 2 is 1.88 bits per heavy atom. The first-order valence-electron chi connectivity index (χ1n) is 5.99. The Hall–Kier alpha value is -0.610. The van der Waals surface area contributed by atoms with Crippen molar-refractivity contribution < 1.29 is 9.90 Å². The molecule has 1 fully saturated rings. The summed E-state index contributed by atoms with van der Waals surface area (Å²) in [5.41, 5.74) is -1.53. The summed E-state index contributed by atoms with van der Waals surface area (Å²) < 4.78 is 0. The van der Waals surface area contributed by atoms with Gasteiger partial charge in [0.1, 0.15) is 0 Å². The van der Waals surface area contributed by atoms with Crippen LogP contribution >= 0.6 is 0 Å². The largest absolute Gasteiger partial charge is 0.388 e. The first-order valence-corrected chi connectivity index (χ1v) is 5.99. The summed E-state index contributed by atoms with van der Waals surface area (Å²) in [6.07, 6.45) is 2.93. The lowest BCUT2D eigenvalue weighted by atomic mass is 9.86. The molecule has 1 aliphatic carbocycles. The lowest BCUT2D eigenvalue weighted by Crippen LogP contribution is -2.57. The van der Waals surface area contributed by atoms with E-state index in [1.807, 2.05) is 13.8 Å². The van der Waals surface area contributed by atoms with Crippen molar-refractivity contribution in [1.82, 2.24) is 10.6 Å². The van der Waals surface area contributed by atoms with Gasteiger partial charge >= 0.3 is 0 Å². The van der Waals surface area contributed by atoms with Crippen LogP contribution in [-0.2, 0) is 4.79 Å². The lowest BCUT2D eigenvalue weighted by molar-refractivity contribution is -0.126. The zero-order valence-electron chi connectivity index (χ0n) is 10.8. The van der Waals surface area contributed by atoms with Gasteiger partial charge in [-0.15, -0.1) is 0 Å². The average molecular weight is 228 g/mol. The second-order valence-corrected chi connectivity index (χ2v) is 5.71. The zero-order valence-corrected chi connectivity index (χ0v) is 10.8. The molecule has 16 heavy (non-hydrogen) atoms. The van der Waals surface area contributed by atoms with Crippen LogP contribution in [0.5, 0.6) is 0 Å². The Labute approximate surface area is 97.8 Å². The highest BCUT2D eigenvalue weighted by Crippen LogP contribution is 2.20. The summed E-state index contributed by atoms with van der Waals surface area (Å²) in [5.74, 6) is -0.0136. The van der Waals surface area contributed by atoms with Crippen molar-refractivity contribution in [2.75, 3.05) is 6.54 Å². The molecule has 0 aromatic rings. The fraction of sp³-hybridized carbons (Fsp3) is 0.917. The van der Waals surface area contributed by atoms with E-state index >= 15 is 0 Å². The first kappa shape index (κ1) is 13.5. The third-order valence-corrected chi connectivity index (χ3v) is 3.34. The van der Waals surface area contributed by atoms with E-state index in [0.717, 1.165) is 6.54 Å².